The van der Waals surface area contributed by atoms with Crippen LogP contribution in [0.1, 0.15) is 24.0 Å². The molecule has 2 bridgehead atoms. The van der Waals surface area contributed by atoms with Gasteiger partial charge in [0.25, 0.3) is 0 Å². The lowest BCUT2D eigenvalue weighted by molar-refractivity contribution is -0.137. The number of sulfonamides is 1. The van der Waals surface area contributed by atoms with Gasteiger partial charge in [-0.3, -0.25) is 4.31 Å². The summed E-state index contributed by atoms with van der Waals surface area (Å²) in [7, 11) is -4.20. The van der Waals surface area contributed by atoms with Crippen LogP contribution in [-0.2, 0) is 16.2 Å². The van der Waals surface area contributed by atoms with E-state index in [0.29, 0.717) is 18.9 Å². The van der Waals surface area contributed by atoms with Crippen LogP contribution in [0.2, 0.25) is 0 Å². The van der Waals surface area contributed by atoms with E-state index in [-0.39, 0.29) is 18.2 Å². The summed E-state index contributed by atoms with van der Waals surface area (Å²) in [6.45, 7) is -0.725. The van der Waals surface area contributed by atoms with Gasteiger partial charge in [0.15, 0.2) is 0 Å². The number of nitriles is 1. The van der Waals surface area contributed by atoms with Gasteiger partial charge >= 0.3 is 6.18 Å². The molecule has 27 heavy (non-hydrogen) atoms. The van der Waals surface area contributed by atoms with Crippen LogP contribution in [0, 0.1) is 29.1 Å². The second-order valence-corrected chi connectivity index (χ2v) is 9.65. The second kappa shape index (κ2) is 5.59. The summed E-state index contributed by atoms with van der Waals surface area (Å²) in [5.74, 6) is -1.18. The maximum Gasteiger partial charge on any atom is 0.417 e. The summed E-state index contributed by atoms with van der Waals surface area (Å²) in [4.78, 5) is 0. The number of fused-ring (bicyclic) bond motifs is 5. The first-order chi connectivity index (χ1) is 12.6. The van der Waals surface area contributed by atoms with Gasteiger partial charge in [0.2, 0.25) is 10.0 Å². The fraction of sp³-hybridized carbons (Fsp3) is 0.588. The molecule has 146 valence electrons. The molecule has 5 atom stereocenters. The van der Waals surface area contributed by atoms with Crippen molar-refractivity contribution in [3.8, 4) is 6.07 Å². The Morgan fingerprint density at radius 3 is 2.59 bits per heavy atom. The highest BCUT2D eigenvalue weighted by molar-refractivity contribution is 7.94. The van der Waals surface area contributed by atoms with E-state index in [1.165, 1.54) is 12.1 Å². The first kappa shape index (κ1) is 18.5. The minimum Gasteiger partial charge on any atom is -0.395 e. The van der Waals surface area contributed by atoms with E-state index in [1.807, 2.05) is 0 Å². The summed E-state index contributed by atoms with van der Waals surface area (Å²) in [5, 5.41) is 29.1. The number of halogens is 3. The lowest BCUT2D eigenvalue weighted by Gasteiger charge is -2.37. The van der Waals surface area contributed by atoms with Crippen molar-refractivity contribution in [3.63, 3.8) is 0 Å². The number of rotatable bonds is 2. The Morgan fingerprint density at radius 1 is 1.30 bits per heavy atom. The molecule has 0 amide bonds. The summed E-state index contributed by atoms with van der Waals surface area (Å²) >= 11 is 0. The average Bonchev–Trinajstić information content (AvgIpc) is 3.20. The number of hydrogen-bond acceptors (Lipinski definition) is 5. The van der Waals surface area contributed by atoms with Gasteiger partial charge in [0, 0.05) is 18.4 Å². The third-order valence-corrected chi connectivity index (χ3v) is 9.12. The predicted molar refractivity (Wildman–Crippen MR) is 88.0 cm³/mol. The maximum absolute atomic E-state index is 13.3. The highest BCUT2D eigenvalue weighted by atomic mass is 32.2. The van der Waals surface area contributed by atoms with Crippen molar-refractivity contribution in [2.24, 2.45) is 17.8 Å². The molecule has 1 saturated heterocycles. The van der Waals surface area contributed by atoms with E-state index in [9.17, 15) is 31.8 Å². The molecule has 1 aromatic carbocycles. The van der Waals surface area contributed by atoms with Crippen LogP contribution in [0.15, 0.2) is 18.2 Å². The Balaban J connectivity index is 1.83. The molecule has 3 fully saturated rings. The van der Waals surface area contributed by atoms with Crippen LogP contribution < -0.4 is 4.31 Å². The minimum absolute atomic E-state index is 0.0417. The zero-order valence-electron chi connectivity index (χ0n) is 14.0. The van der Waals surface area contributed by atoms with Gasteiger partial charge in [0.05, 0.1) is 35.6 Å². The summed E-state index contributed by atoms with van der Waals surface area (Å²) < 4.78 is 65.7. The fourth-order valence-electron chi connectivity index (χ4n) is 5.33. The molecule has 4 rings (SSSR count). The van der Waals surface area contributed by atoms with Crippen molar-refractivity contribution in [3.05, 3.63) is 29.3 Å². The van der Waals surface area contributed by atoms with Gasteiger partial charge in [-0.25, -0.2) is 8.42 Å². The molecule has 1 aromatic rings. The van der Waals surface area contributed by atoms with E-state index >= 15 is 0 Å². The molecule has 2 saturated carbocycles. The first-order valence-electron chi connectivity index (χ1n) is 8.50. The molecule has 0 spiro atoms. The molecule has 10 heteroatoms. The van der Waals surface area contributed by atoms with E-state index < -0.39 is 56.6 Å². The monoisotopic (exact) mass is 402 g/mol. The minimum atomic E-state index is -4.80. The van der Waals surface area contributed by atoms with Gasteiger partial charge in [-0.1, -0.05) is 0 Å². The van der Waals surface area contributed by atoms with Crippen LogP contribution in [-0.4, -0.2) is 42.6 Å². The van der Waals surface area contributed by atoms with Crippen LogP contribution >= 0.6 is 0 Å². The molecular formula is C17H17F3N2O4S. The molecule has 2 aliphatic carbocycles. The van der Waals surface area contributed by atoms with E-state index in [1.54, 1.807) is 0 Å². The number of hydrogen-bond donors (Lipinski definition) is 2. The van der Waals surface area contributed by atoms with Crippen molar-refractivity contribution < 1.29 is 31.8 Å². The highest BCUT2D eigenvalue weighted by Crippen LogP contribution is 2.62. The van der Waals surface area contributed by atoms with Gasteiger partial charge in [-0.05, 0) is 37.0 Å². The van der Waals surface area contributed by atoms with Gasteiger partial charge in [-0.2, -0.15) is 18.4 Å². The summed E-state index contributed by atoms with van der Waals surface area (Å²) in [5.41, 5.74) is -1.97. The van der Waals surface area contributed by atoms with Crippen LogP contribution in [0.25, 0.3) is 0 Å². The molecule has 0 unspecified atom stereocenters. The maximum atomic E-state index is 13.3. The number of aliphatic hydroxyl groups is 2. The SMILES string of the molecule is N#Cc1ccc(N2C[C@H]3[C@H]4C[C@H](O)[C@H](C4)[C@@]3(CO)S2(=O)=O)cc1C(F)(F)F. The molecule has 1 heterocycles. The third kappa shape index (κ3) is 2.22. The smallest absolute Gasteiger partial charge is 0.395 e. The van der Waals surface area contributed by atoms with E-state index in [0.717, 1.165) is 10.4 Å². The molecule has 2 N–H and O–H groups in total. The zero-order chi connectivity index (χ0) is 19.8. The largest absolute Gasteiger partial charge is 0.417 e. The van der Waals surface area contributed by atoms with Gasteiger partial charge in [0.1, 0.15) is 4.75 Å². The third-order valence-electron chi connectivity index (χ3n) is 6.49. The Morgan fingerprint density at radius 2 is 2.00 bits per heavy atom. The van der Waals surface area contributed by atoms with E-state index in [4.69, 9.17) is 5.26 Å². The molecular weight excluding hydrogens is 385 g/mol. The fourth-order valence-corrected chi connectivity index (χ4v) is 7.94. The Hall–Kier alpha value is -1.83. The summed E-state index contributed by atoms with van der Waals surface area (Å²) in [6, 6.07) is 4.27. The molecule has 0 radical (unpaired) electrons. The van der Waals surface area contributed by atoms with Gasteiger partial charge in [-0.15, -0.1) is 0 Å². The molecule has 0 aromatic heterocycles. The van der Waals surface area contributed by atoms with Crippen LogP contribution in [0.5, 0.6) is 0 Å². The molecule has 1 aliphatic heterocycles. The normalized spacial score (nSPS) is 36.7. The van der Waals surface area contributed by atoms with Crippen molar-refractivity contribution in [1.82, 2.24) is 0 Å². The standard InChI is InChI=1S/C17H17F3N2O4S/c18-17(19,20)12-5-11(2-1-9(12)6-21)22-7-14-10-3-13(15(24)4-10)16(14,8-23)27(22,25)26/h1-2,5,10,13-15,23-24H,3-4,7-8H2/t10-,13+,14+,15+,16-/m1/s1. The summed E-state index contributed by atoms with van der Waals surface area (Å²) in [6.07, 6.45) is -4.73. The quantitative estimate of drug-likeness (QED) is 0.780. The highest BCUT2D eigenvalue weighted by Gasteiger charge is 2.72. The lowest BCUT2D eigenvalue weighted by Crippen LogP contribution is -2.54. The second-order valence-electron chi connectivity index (χ2n) is 7.50. The molecule has 6 nitrogen and oxygen atoms in total. The van der Waals surface area contributed by atoms with Crippen molar-refractivity contribution in [2.75, 3.05) is 17.5 Å². The first-order valence-corrected chi connectivity index (χ1v) is 9.94. The Kier molecular flexibility index (Phi) is 3.84. The zero-order valence-corrected chi connectivity index (χ0v) is 14.8. The Labute approximate surface area is 153 Å². The topological polar surface area (TPSA) is 102 Å². The average molecular weight is 402 g/mol. The van der Waals surface area contributed by atoms with Crippen LogP contribution in [0.3, 0.4) is 0 Å². The molecule has 3 aliphatic rings. The number of nitrogens with zero attached hydrogens (tertiary/aromatic N) is 2. The van der Waals surface area contributed by atoms with Crippen molar-refractivity contribution in [1.29, 1.82) is 5.26 Å². The van der Waals surface area contributed by atoms with Crippen LogP contribution in [0.4, 0.5) is 18.9 Å². The predicted octanol–water partition coefficient (Wildman–Crippen LogP) is 1.47. The number of anilines is 1. The van der Waals surface area contributed by atoms with Gasteiger partial charge < -0.3 is 10.2 Å². The number of alkyl halides is 3. The Bertz CT molecular complexity index is 942. The number of aliphatic hydroxyl groups excluding tert-OH is 2. The van der Waals surface area contributed by atoms with Crippen molar-refractivity contribution in [2.45, 2.75) is 29.9 Å². The van der Waals surface area contributed by atoms with Crippen molar-refractivity contribution >= 4 is 15.7 Å². The van der Waals surface area contributed by atoms with E-state index in [2.05, 4.69) is 0 Å². The lowest BCUT2D eigenvalue weighted by atomic mass is 9.77. The number of benzene rings is 1.